The second-order valence-electron chi connectivity index (χ2n) is 9.14. The van der Waals surface area contributed by atoms with Crippen molar-refractivity contribution in [3.63, 3.8) is 0 Å². The third kappa shape index (κ3) is 4.04. The fourth-order valence-electron chi connectivity index (χ4n) is 5.25. The maximum atomic E-state index is 12.9. The summed E-state index contributed by atoms with van der Waals surface area (Å²) >= 11 is 0. The lowest BCUT2D eigenvalue weighted by Crippen LogP contribution is -2.44. The van der Waals surface area contributed by atoms with Crippen LogP contribution < -0.4 is 10.6 Å². The second-order valence-corrected chi connectivity index (χ2v) is 9.14. The minimum absolute atomic E-state index is 0.141. The van der Waals surface area contributed by atoms with Crippen molar-refractivity contribution in [2.45, 2.75) is 62.4 Å². The van der Waals surface area contributed by atoms with E-state index in [2.05, 4.69) is 25.6 Å². The van der Waals surface area contributed by atoms with Crippen molar-refractivity contribution in [2.75, 3.05) is 18.5 Å². The summed E-state index contributed by atoms with van der Waals surface area (Å²) in [4.78, 5) is 26.3. The van der Waals surface area contributed by atoms with Gasteiger partial charge in [0.05, 0.1) is 12.9 Å². The predicted octanol–water partition coefficient (Wildman–Crippen LogP) is 2.02. The molecule has 184 valence electrons. The number of hydrogen-bond donors (Lipinski definition) is 3. The van der Waals surface area contributed by atoms with Crippen LogP contribution in [0.25, 0.3) is 11.2 Å². The van der Waals surface area contributed by atoms with E-state index < -0.39 is 30.3 Å². The van der Waals surface area contributed by atoms with Crippen molar-refractivity contribution in [1.82, 2.24) is 24.8 Å². The van der Waals surface area contributed by atoms with Crippen molar-refractivity contribution >= 4 is 28.6 Å². The Morgan fingerprint density at radius 1 is 1.09 bits per heavy atom. The Morgan fingerprint density at radius 3 is 2.69 bits per heavy atom. The number of aliphatic hydroxyl groups excluding tert-OH is 1. The lowest BCUT2D eigenvalue weighted by atomic mass is 9.94. The van der Waals surface area contributed by atoms with Gasteiger partial charge < -0.3 is 30.0 Å². The molecular weight excluding hydrogens is 452 g/mol. The molecule has 11 heteroatoms. The minimum Gasteiger partial charge on any atom is -0.395 e. The maximum Gasteiger partial charge on any atom is 0.252 e. The Hall–Kier alpha value is -3.12. The first-order valence-corrected chi connectivity index (χ1v) is 12.1. The molecule has 0 bridgehead atoms. The van der Waals surface area contributed by atoms with Gasteiger partial charge in [0.2, 0.25) is 0 Å². The molecule has 4 atom stereocenters. The van der Waals surface area contributed by atoms with Crippen molar-refractivity contribution < 1.29 is 24.1 Å². The van der Waals surface area contributed by atoms with Gasteiger partial charge in [-0.3, -0.25) is 9.36 Å². The Balaban J connectivity index is 1.33. The number of carbonyl (C=O) groups excluding carboxylic acids is 1. The number of nitrogens with one attached hydrogen (secondary N) is 2. The first-order valence-electron chi connectivity index (χ1n) is 12.1. The minimum atomic E-state index is -0.876. The zero-order valence-corrected chi connectivity index (χ0v) is 19.2. The summed E-state index contributed by atoms with van der Waals surface area (Å²) < 4.78 is 21.0. The van der Waals surface area contributed by atoms with E-state index in [0.717, 1.165) is 37.8 Å². The van der Waals surface area contributed by atoms with E-state index in [0.29, 0.717) is 17.0 Å². The van der Waals surface area contributed by atoms with E-state index >= 15 is 0 Å². The monoisotopic (exact) mass is 480 g/mol. The summed E-state index contributed by atoms with van der Waals surface area (Å²) in [6, 6.07) is 9.70. The van der Waals surface area contributed by atoms with Crippen LogP contribution in [0.2, 0.25) is 0 Å². The Bertz CT molecular complexity index is 1200. The fraction of sp³-hybridized carbons (Fsp3) is 0.500. The average molecular weight is 481 g/mol. The number of nitrogens with zero attached hydrogens (tertiary/aromatic N) is 4. The van der Waals surface area contributed by atoms with E-state index in [1.807, 2.05) is 30.3 Å². The number of aliphatic hydroxyl groups is 1. The third-order valence-corrected chi connectivity index (χ3v) is 6.85. The number of aromatic nitrogens is 4. The highest BCUT2D eigenvalue weighted by Crippen LogP contribution is 2.49. The summed E-state index contributed by atoms with van der Waals surface area (Å²) in [5.41, 5.74) is 2.02. The molecule has 1 spiro atoms. The van der Waals surface area contributed by atoms with Gasteiger partial charge in [-0.25, -0.2) is 15.0 Å². The van der Waals surface area contributed by atoms with Crippen LogP contribution in [0.5, 0.6) is 0 Å². The highest BCUT2D eigenvalue weighted by Gasteiger charge is 2.60. The number of para-hydroxylation sites is 1. The molecule has 3 aromatic rings. The molecule has 11 nitrogen and oxygen atoms in total. The standard InChI is InChI=1S/C24H28N6O5/c31-12-11-25-22(32)18-17-19(35-24(34-17)9-5-2-6-10-24)23(33-18)30-14-28-16-20(26-13-27-21(16)30)29-15-7-3-1-4-8-15/h1,3-4,7-8,13-14,17-19,23,31H,2,5-6,9-12H2,(H,25,32)(H,26,27,29)/t17?,18-,19-,23+/m0/s1. The SMILES string of the molecule is O=C(NCCO)[C@H]1O[C@@H](n2cnc3c(Nc4ccccc4)ncnc32)[C@H]2OC3(CCCCC3)OC12. The number of rotatable bonds is 6. The number of ether oxygens (including phenoxy) is 3. The smallest absolute Gasteiger partial charge is 0.252 e. The molecule has 2 aromatic heterocycles. The number of benzene rings is 1. The van der Waals surface area contributed by atoms with Gasteiger partial charge in [-0.05, 0) is 25.0 Å². The Morgan fingerprint density at radius 2 is 1.89 bits per heavy atom. The summed E-state index contributed by atoms with van der Waals surface area (Å²) in [5.74, 6) is -0.464. The summed E-state index contributed by atoms with van der Waals surface area (Å²) in [5, 5.41) is 15.1. The second kappa shape index (κ2) is 9.15. The van der Waals surface area contributed by atoms with Gasteiger partial charge in [0.25, 0.3) is 5.91 Å². The summed E-state index contributed by atoms with van der Waals surface area (Å²) in [7, 11) is 0. The van der Waals surface area contributed by atoms with E-state index in [1.54, 1.807) is 10.9 Å². The van der Waals surface area contributed by atoms with Gasteiger partial charge in [0.15, 0.2) is 35.1 Å². The molecule has 6 rings (SSSR count). The molecule has 3 fully saturated rings. The van der Waals surface area contributed by atoms with Gasteiger partial charge in [-0.2, -0.15) is 0 Å². The molecule has 2 aliphatic heterocycles. The normalized spacial score (nSPS) is 27.2. The predicted molar refractivity (Wildman–Crippen MR) is 125 cm³/mol. The number of amides is 1. The third-order valence-electron chi connectivity index (χ3n) is 6.85. The Labute approximate surface area is 201 Å². The number of carbonyl (C=O) groups is 1. The molecule has 0 radical (unpaired) electrons. The first kappa shape index (κ1) is 22.4. The van der Waals surface area contributed by atoms with Crippen molar-refractivity contribution in [3.8, 4) is 0 Å². The van der Waals surface area contributed by atoms with Crippen LogP contribution >= 0.6 is 0 Å². The molecule has 2 saturated heterocycles. The maximum absolute atomic E-state index is 12.9. The molecule has 1 unspecified atom stereocenters. The number of imidazole rings is 1. The number of anilines is 2. The number of fused-ring (bicyclic) bond motifs is 2. The van der Waals surface area contributed by atoms with E-state index in [-0.39, 0.29) is 19.1 Å². The van der Waals surface area contributed by atoms with E-state index in [4.69, 9.17) is 19.3 Å². The van der Waals surface area contributed by atoms with E-state index in [9.17, 15) is 4.79 Å². The van der Waals surface area contributed by atoms with Gasteiger partial charge in [-0.15, -0.1) is 0 Å². The highest BCUT2D eigenvalue weighted by atomic mass is 16.8. The molecule has 3 N–H and O–H groups in total. The van der Waals surface area contributed by atoms with Crippen molar-refractivity contribution in [2.24, 2.45) is 0 Å². The highest BCUT2D eigenvalue weighted by molar-refractivity contribution is 5.85. The molecule has 3 aliphatic rings. The lowest BCUT2D eigenvalue weighted by Gasteiger charge is -2.34. The van der Waals surface area contributed by atoms with Gasteiger partial charge in [-0.1, -0.05) is 24.6 Å². The van der Waals surface area contributed by atoms with Crippen molar-refractivity contribution in [3.05, 3.63) is 43.0 Å². The molecule has 1 saturated carbocycles. The van der Waals surface area contributed by atoms with Gasteiger partial charge >= 0.3 is 0 Å². The quantitative estimate of drug-likeness (QED) is 0.485. The topological polar surface area (TPSA) is 133 Å². The van der Waals surface area contributed by atoms with Crippen LogP contribution in [0.1, 0.15) is 38.3 Å². The average Bonchev–Trinajstić information content (AvgIpc) is 3.56. The number of hydrogen-bond acceptors (Lipinski definition) is 9. The van der Waals surface area contributed by atoms with Crippen LogP contribution in [0.4, 0.5) is 11.5 Å². The zero-order valence-electron chi connectivity index (χ0n) is 19.2. The van der Waals surface area contributed by atoms with Crippen LogP contribution in [0.15, 0.2) is 43.0 Å². The van der Waals surface area contributed by atoms with E-state index in [1.165, 1.54) is 6.33 Å². The van der Waals surface area contributed by atoms with Crippen LogP contribution in [0, 0.1) is 0 Å². The molecule has 4 heterocycles. The van der Waals surface area contributed by atoms with Crippen molar-refractivity contribution in [1.29, 1.82) is 0 Å². The molecule has 1 aliphatic carbocycles. The van der Waals surface area contributed by atoms with Crippen LogP contribution in [-0.4, -0.2) is 67.8 Å². The molecular formula is C24H28N6O5. The van der Waals surface area contributed by atoms with Gasteiger partial charge in [0, 0.05) is 25.1 Å². The molecule has 1 amide bonds. The zero-order chi connectivity index (χ0) is 23.8. The lowest BCUT2D eigenvalue weighted by molar-refractivity contribution is -0.229. The van der Waals surface area contributed by atoms with Crippen LogP contribution in [-0.2, 0) is 19.0 Å². The molecule has 35 heavy (non-hydrogen) atoms. The summed E-state index contributed by atoms with van der Waals surface area (Å²) in [6.45, 7) is -0.0138. The molecule has 1 aromatic carbocycles. The fourth-order valence-corrected chi connectivity index (χ4v) is 5.25. The van der Waals surface area contributed by atoms with Crippen LogP contribution in [0.3, 0.4) is 0 Å². The van der Waals surface area contributed by atoms with Gasteiger partial charge in [0.1, 0.15) is 18.5 Å². The largest absolute Gasteiger partial charge is 0.395 e. The first-order chi connectivity index (χ1) is 17.2. The summed E-state index contributed by atoms with van der Waals surface area (Å²) in [6.07, 6.45) is 5.25. The Kier molecular flexibility index (Phi) is 5.85.